The van der Waals surface area contributed by atoms with E-state index in [0.717, 1.165) is 45.7 Å². The average molecular weight is 347 g/mol. The van der Waals surface area contributed by atoms with Crippen LogP contribution >= 0.6 is 0 Å². The monoisotopic (exact) mass is 347 g/mol. The summed E-state index contributed by atoms with van der Waals surface area (Å²) in [5, 5.41) is 7.38. The summed E-state index contributed by atoms with van der Waals surface area (Å²) in [7, 11) is 0. The molecule has 2 saturated heterocycles. The lowest BCUT2D eigenvalue weighted by molar-refractivity contribution is -0.147. The topological polar surface area (TPSA) is 74.5 Å². The van der Waals surface area contributed by atoms with E-state index < -0.39 is 0 Å². The van der Waals surface area contributed by atoms with Crippen LogP contribution in [0.15, 0.2) is 4.52 Å². The maximum Gasteiger partial charge on any atom is 0.243 e. The molecule has 3 heterocycles. The van der Waals surface area contributed by atoms with E-state index in [-0.39, 0.29) is 11.5 Å². The minimum atomic E-state index is -0.129. The van der Waals surface area contributed by atoms with Crippen molar-refractivity contribution in [1.29, 1.82) is 0 Å². The van der Waals surface area contributed by atoms with E-state index in [2.05, 4.69) is 32.2 Å². The van der Waals surface area contributed by atoms with Gasteiger partial charge >= 0.3 is 0 Å². The Kier molecular flexibility index (Phi) is 4.54. The number of aromatic nitrogens is 2. The molecule has 1 saturated carbocycles. The van der Waals surface area contributed by atoms with Gasteiger partial charge in [-0.05, 0) is 39.2 Å². The molecule has 25 heavy (non-hydrogen) atoms. The fraction of sp³-hybridized carbons (Fsp3) is 0.833. The summed E-state index contributed by atoms with van der Waals surface area (Å²) in [5.74, 6) is 2.27. The Labute approximate surface area is 149 Å². The van der Waals surface area contributed by atoms with Gasteiger partial charge in [0.25, 0.3) is 0 Å². The third-order valence-electron chi connectivity index (χ3n) is 6.51. The van der Waals surface area contributed by atoms with E-state index in [1.54, 1.807) is 0 Å². The van der Waals surface area contributed by atoms with Crippen molar-refractivity contribution in [3.05, 3.63) is 11.7 Å². The van der Waals surface area contributed by atoms with Crippen molar-refractivity contribution in [2.75, 3.05) is 39.3 Å². The molecule has 7 nitrogen and oxygen atoms in total. The van der Waals surface area contributed by atoms with Crippen LogP contribution in [0.3, 0.4) is 0 Å². The molecule has 2 aliphatic heterocycles. The third-order valence-corrected chi connectivity index (χ3v) is 6.51. The molecule has 0 radical (unpaired) electrons. The number of rotatable bonds is 3. The first-order valence-electron chi connectivity index (χ1n) is 9.64. The van der Waals surface area contributed by atoms with Crippen molar-refractivity contribution in [2.24, 2.45) is 11.3 Å². The predicted molar refractivity (Wildman–Crippen MR) is 92.9 cm³/mol. The van der Waals surface area contributed by atoms with Gasteiger partial charge in [0, 0.05) is 32.7 Å². The lowest BCUT2D eigenvalue weighted by atomic mass is 9.67. The van der Waals surface area contributed by atoms with E-state index in [1.165, 1.54) is 19.3 Å². The molecule has 1 unspecified atom stereocenters. The highest BCUT2D eigenvalue weighted by molar-refractivity contribution is 5.84. The third kappa shape index (κ3) is 2.97. The van der Waals surface area contributed by atoms with E-state index in [0.29, 0.717) is 23.5 Å². The van der Waals surface area contributed by atoms with Crippen LogP contribution in [0.25, 0.3) is 0 Å². The summed E-state index contributed by atoms with van der Waals surface area (Å²) in [5.41, 5.74) is -0.129. The predicted octanol–water partition coefficient (Wildman–Crippen LogP) is 1.36. The quantitative estimate of drug-likeness (QED) is 0.890. The molecule has 3 fully saturated rings. The van der Waals surface area contributed by atoms with Gasteiger partial charge in [-0.3, -0.25) is 9.69 Å². The summed E-state index contributed by atoms with van der Waals surface area (Å²) >= 11 is 0. The Morgan fingerprint density at radius 2 is 2.12 bits per heavy atom. The number of amides is 1. The number of fused-ring (bicyclic) bond motifs is 1. The lowest BCUT2D eigenvalue weighted by Gasteiger charge is -2.44. The zero-order valence-electron chi connectivity index (χ0n) is 15.3. The molecule has 0 aromatic carbocycles. The summed E-state index contributed by atoms with van der Waals surface area (Å²) < 4.78 is 5.31. The van der Waals surface area contributed by atoms with Crippen molar-refractivity contribution >= 4 is 5.91 Å². The smallest absolute Gasteiger partial charge is 0.243 e. The van der Waals surface area contributed by atoms with Crippen molar-refractivity contribution in [1.82, 2.24) is 25.3 Å². The molecule has 1 aromatic heterocycles. The molecule has 3 atom stereocenters. The number of nitrogens with zero attached hydrogens (tertiary/aromatic N) is 4. The Morgan fingerprint density at radius 3 is 2.84 bits per heavy atom. The molecule has 4 rings (SSSR count). The van der Waals surface area contributed by atoms with E-state index in [9.17, 15) is 4.79 Å². The van der Waals surface area contributed by atoms with Gasteiger partial charge < -0.3 is 14.7 Å². The van der Waals surface area contributed by atoms with Gasteiger partial charge in [-0.25, -0.2) is 0 Å². The Hall–Kier alpha value is -1.47. The van der Waals surface area contributed by atoms with Gasteiger partial charge in [-0.15, -0.1) is 0 Å². The summed E-state index contributed by atoms with van der Waals surface area (Å²) in [6.45, 7) is 9.14. The van der Waals surface area contributed by atoms with Gasteiger partial charge in [0.1, 0.15) is 0 Å². The molecule has 0 bridgehead atoms. The summed E-state index contributed by atoms with van der Waals surface area (Å²) in [4.78, 5) is 22.1. The Balaban J connectivity index is 1.39. The molecular formula is C18H29N5O2. The maximum atomic E-state index is 13.3. The first kappa shape index (κ1) is 17.0. The minimum absolute atomic E-state index is 0.104. The number of hydrogen-bond acceptors (Lipinski definition) is 6. The fourth-order valence-electron chi connectivity index (χ4n) is 4.93. The van der Waals surface area contributed by atoms with Crippen LogP contribution in [0.5, 0.6) is 0 Å². The first-order chi connectivity index (χ1) is 12.1. The van der Waals surface area contributed by atoms with Crippen molar-refractivity contribution in [3.8, 4) is 0 Å². The Bertz CT molecular complexity index is 625. The van der Waals surface area contributed by atoms with Crippen LogP contribution in [0.2, 0.25) is 0 Å². The standard InChI is InChI=1S/C18H29N5O2/c1-13(16-20-14(2)21-25-16)22-7-9-23(10-8-22)17(24)18-6-4-3-5-15(18)11-19-12-18/h13,15,19H,3-12H2,1-2H3/t13?,15-,18+/m0/s1. The average Bonchev–Trinajstić information content (AvgIpc) is 3.27. The number of carbonyl (C=O) groups excluding carboxylic acids is 1. The zero-order valence-corrected chi connectivity index (χ0v) is 15.3. The zero-order chi connectivity index (χ0) is 17.4. The van der Waals surface area contributed by atoms with Crippen LogP contribution < -0.4 is 5.32 Å². The molecule has 3 aliphatic rings. The van der Waals surface area contributed by atoms with Crippen LogP contribution in [-0.4, -0.2) is 65.1 Å². The second-order valence-electron chi connectivity index (χ2n) is 7.91. The van der Waals surface area contributed by atoms with Crippen LogP contribution in [0.1, 0.15) is 50.4 Å². The number of hydrogen-bond donors (Lipinski definition) is 1. The molecule has 1 N–H and O–H groups in total. The highest BCUT2D eigenvalue weighted by Crippen LogP contribution is 2.45. The van der Waals surface area contributed by atoms with Crippen molar-refractivity contribution in [2.45, 2.75) is 45.6 Å². The van der Waals surface area contributed by atoms with Gasteiger partial charge in [-0.1, -0.05) is 18.0 Å². The maximum absolute atomic E-state index is 13.3. The van der Waals surface area contributed by atoms with Gasteiger partial charge in [0.15, 0.2) is 5.82 Å². The van der Waals surface area contributed by atoms with E-state index in [1.807, 2.05) is 6.92 Å². The summed E-state index contributed by atoms with van der Waals surface area (Å²) in [6, 6.07) is 0.104. The van der Waals surface area contributed by atoms with E-state index in [4.69, 9.17) is 4.52 Å². The molecular weight excluding hydrogens is 318 g/mol. The second-order valence-corrected chi connectivity index (χ2v) is 7.91. The largest absolute Gasteiger partial charge is 0.340 e. The molecule has 7 heteroatoms. The number of piperazine rings is 1. The first-order valence-corrected chi connectivity index (χ1v) is 9.64. The van der Waals surface area contributed by atoms with Crippen LogP contribution in [0, 0.1) is 18.3 Å². The molecule has 1 aromatic rings. The molecule has 1 amide bonds. The minimum Gasteiger partial charge on any atom is -0.340 e. The normalized spacial score (nSPS) is 31.8. The van der Waals surface area contributed by atoms with Gasteiger partial charge in [-0.2, -0.15) is 4.98 Å². The van der Waals surface area contributed by atoms with Gasteiger partial charge in [0.05, 0.1) is 11.5 Å². The number of carbonyl (C=O) groups is 1. The molecule has 138 valence electrons. The number of aryl methyl sites for hydroxylation is 1. The fourth-order valence-corrected chi connectivity index (χ4v) is 4.93. The van der Waals surface area contributed by atoms with Crippen LogP contribution in [-0.2, 0) is 4.79 Å². The molecule has 0 spiro atoms. The lowest BCUT2D eigenvalue weighted by Crippen LogP contribution is -2.56. The SMILES string of the molecule is Cc1noc(C(C)N2CCN(C(=O)[C@@]34CCCC[C@H]3CNC4)CC2)n1. The molecule has 1 aliphatic carbocycles. The summed E-state index contributed by atoms with van der Waals surface area (Å²) in [6.07, 6.45) is 4.72. The highest BCUT2D eigenvalue weighted by Gasteiger charge is 2.51. The van der Waals surface area contributed by atoms with E-state index >= 15 is 0 Å². The highest BCUT2D eigenvalue weighted by atomic mass is 16.5. The van der Waals surface area contributed by atoms with Crippen LogP contribution in [0.4, 0.5) is 0 Å². The number of nitrogens with one attached hydrogen (secondary N) is 1. The van der Waals surface area contributed by atoms with Gasteiger partial charge in [0.2, 0.25) is 11.8 Å². The van der Waals surface area contributed by atoms with Crippen molar-refractivity contribution < 1.29 is 9.32 Å². The Morgan fingerprint density at radius 1 is 1.32 bits per heavy atom. The van der Waals surface area contributed by atoms with Crippen molar-refractivity contribution in [3.63, 3.8) is 0 Å². The second kappa shape index (κ2) is 6.68.